The number of nitrogens with two attached hydrogens (primary N) is 1. The topological polar surface area (TPSA) is 99.6 Å². The first-order chi connectivity index (χ1) is 15.2. The van der Waals surface area contributed by atoms with Crippen molar-refractivity contribution in [2.45, 2.75) is 6.54 Å². The number of aromatic nitrogens is 3. The summed E-state index contributed by atoms with van der Waals surface area (Å²) in [5, 5.41) is 11.3. The number of hydrogen-bond donors (Lipinski definition) is 2. The van der Waals surface area contributed by atoms with Gasteiger partial charge in [0.05, 0.1) is 25.5 Å². The lowest BCUT2D eigenvalue weighted by molar-refractivity contribution is 0.414. The van der Waals surface area contributed by atoms with Gasteiger partial charge in [0.15, 0.2) is 5.96 Å². The van der Waals surface area contributed by atoms with Crippen LogP contribution in [0.4, 0.5) is 5.69 Å². The Morgan fingerprint density at radius 2 is 1.72 bits per heavy atom. The van der Waals surface area contributed by atoms with E-state index in [9.17, 15) is 0 Å². The maximum Gasteiger partial charge on any atom is 0.193 e. The molecule has 0 aliphatic carbocycles. The number of hydrogen-bond acceptors (Lipinski definition) is 5. The fourth-order valence-electron chi connectivity index (χ4n) is 2.85. The van der Waals surface area contributed by atoms with Gasteiger partial charge in [-0.1, -0.05) is 29.5 Å². The van der Waals surface area contributed by atoms with E-state index in [4.69, 9.17) is 15.2 Å². The van der Waals surface area contributed by atoms with Crippen molar-refractivity contribution in [2.75, 3.05) is 12.4 Å². The molecule has 8 nitrogen and oxygen atoms in total. The highest BCUT2D eigenvalue weighted by molar-refractivity contribution is 14.0. The Labute approximate surface area is 203 Å². The van der Waals surface area contributed by atoms with Gasteiger partial charge < -0.3 is 20.5 Å². The molecular weight excluding hydrogens is 519 g/mol. The molecule has 0 radical (unpaired) electrons. The maximum absolute atomic E-state index is 6.04. The summed E-state index contributed by atoms with van der Waals surface area (Å²) in [7, 11) is 1.63. The van der Waals surface area contributed by atoms with E-state index in [-0.39, 0.29) is 29.9 Å². The average molecular weight is 542 g/mol. The molecule has 0 amide bonds. The summed E-state index contributed by atoms with van der Waals surface area (Å²) >= 11 is 0. The Hall–Kier alpha value is -3.60. The van der Waals surface area contributed by atoms with Gasteiger partial charge >= 0.3 is 0 Å². The van der Waals surface area contributed by atoms with Gasteiger partial charge in [-0.15, -0.1) is 29.1 Å². The smallest absolute Gasteiger partial charge is 0.193 e. The van der Waals surface area contributed by atoms with Crippen LogP contribution in [0.5, 0.6) is 17.2 Å². The molecule has 32 heavy (non-hydrogen) atoms. The van der Waals surface area contributed by atoms with Gasteiger partial charge in [0.25, 0.3) is 0 Å². The summed E-state index contributed by atoms with van der Waals surface area (Å²) in [6, 6.07) is 24.6. The number of anilines is 1. The Morgan fingerprint density at radius 1 is 0.969 bits per heavy atom. The number of methoxy groups -OCH3 is 1. The van der Waals surface area contributed by atoms with Crippen molar-refractivity contribution in [3.05, 3.63) is 90.8 Å². The van der Waals surface area contributed by atoms with Crippen LogP contribution in [0.15, 0.2) is 90.1 Å². The normalized spacial score (nSPS) is 10.8. The van der Waals surface area contributed by atoms with E-state index in [0.29, 0.717) is 18.0 Å². The van der Waals surface area contributed by atoms with E-state index in [1.807, 2.05) is 85.1 Å². The molecule has 0 spiro atoms. The van der Waals surface area contributed by atoms with Crippen LogP contribution in [-0.2, 0) is 6.54 Å². The molecule has 0 saturated heterocycles. The zero-order chi connectivity index (χ0) is 21.5. The van der Waals surface area contributed by atoms with Gasteiger partial charge in [-0.2, -0.15) is 0 Å². The standard InChI is InChI=1S/C23H22N6O2.HI/c1-30-20-12-10-19(11-13-20)29-16-18(27-28-29)15-25-23(24)26-17-6-5-9-22(14-17)31-21-7-3-2-4-8-21;/h2-14,16H,15H2,1H3,(H3,24,25,26);1H. The van der Waals surface area contributed by atoms with E-state index in [1.165, 1.54) is 0 Å². The van der Waals surface area contributed by atoms with E-state index >= 15 is 0 Å². The number of rotatable bonds is 7. The van der Waals surface area contributed by atoms with Gasteiger partial charge in [-0.05, 0) is 48.5 Å². The molecule has 0 atom stereocenters. The quantitative estimate of drug-likeness (QED) is 0.201. The minimum absolute atomic E-state index is 0. The van der Waals surface area contributed by atoms with Crippen LogP contribution < -0.4 is 20.5 Å². The summed E-state index contributed by atoms with van der Waals surface area (Å²) in [6.07, 6.45) is 1.81. The highest BCUT2D eigenvalue weighted by atomic mass is 127. The molecule has 9 heteroatoms. The molecule has 1 heterocycles. The average Bonchev–Trinajstić information content (AvgIpc) is 3.28. The zero-order valence-electron chi connectivity index (χ0n) is 17.4. The third-order valence-corrected chi connectivity index (χ3v) is 4.37. The fourth-order valence-corrected chi connectivity index (χ4v) is 2.85. The third-order valence-electron chi connectivity index (χ3n) is 4.37. The minimum Gasteiger partial charge on any atom is -0.497 e. The van der Waals surface area contributed by atoms with Crippen LogP contribution >= 0.6 is 24.0 Å². The molecule has 3 N–H and O–H groups in total. The molecule has 0 bridgehead atoms. The number of ether oxygens (including phenoxy) is 2. The van der Waals surface area contributed by atoms with Crippen molar-refractivity contribution in [1.82, 2.24) is 15.0 Å². The Kier molecular flexibility index (Phi) is 8.03. The number of para-hydroxylation sites is 1. The van der Waals surface area contributed by atoms with Crippen LogP contribution in [0, 0.1) is 0 Å². The van der Waals surface area contributed by atoms with Crippen molar-refractivity contribution >= 4 is 35.6 Å². The van der Waals surface area contributed by atoms with Gasteiger partial charge in [0, 0.05) is 11.8 Å². The predicted octanol–water partition coefficient (Wildman–Crippen LogP) is 4.61. The first-order valence-corrected chi connectivity index (χ1v) is 9.65. The van der Waals surface area contributed by atoms with Crippen molar-refractivity contribution in [1.29, 1.82) is 0 Å². The van der Waals surface area contributed by atoms with E-state index in [2.05, 4.69) is 20.6 Å². The molecule has 3 aromatic carbocycles. The van der Waals surface area contributed by atoms with E-state index < -0.39 is 0 Å². The Bertz CT molecular complexity index is 1160. The van der Waals surface area contributed by atoms with Gasteiger partial charge in [0.2, 0.25) is 0 Å². The summed E-state index contributed by atoms with van der Waals surface area (Å²) in [5.41, 5.74) is 8.39. The van der Waals surface area contributed by atoms with Crippen LogP contribution in [0.1, 0.15) is 5.69 Å². The molecular formula is C23H23IN6O2. The molecule has 0 saturated carbocycles. The van der Waals surface area contributed by atoms with Gasteiger partial charge in [-0.3, -0.25) is 0 Å². The van der Waals surface area contributed by atoms with Crippen molar-refractivity contribution in [3.63, 3.8) is 0 Å². The van der Waals surface area contributed by atoms with Crippen LogP contribution in [0.2, 0.25) is 0 Å². The van der Waals surface area contributed by atoms with E-state index in [1.54, 1.807) is 11.8 Å². The molecule has 4 aromatic rings. The highest BCUT2D eigenvalue weighted by Crippen LogP contribution is 2.23. The summed E-state index contributed by atoms with van der Waals surface area (Å²) in [4.78, 5) is 4.34. The molecule has 4 rings (SSSR count). The fraction of sp³-hybridized carbons (Fsp3) is 0.0870. The Balaban J connectivity index is 0.00000289. The lowest BCUT2D eigenvalue weighted by Crippen LogP contribution is -2.22. The van der Waals surface area contributed by atoms with Crippen LogP contribution in [0.25, 0.3) is 5.69 Å². The first-order valence-electron chi connectivity index (χ1n) is 9.65. The van der Waals surface area contributed by atoms with Crippen molar-refractivity contribution in [2.24, 2.45) is 10.7 Å². The molecule has 0 aliphatic rings. The lowest BCUT2D eigenvalue weighted by atomic mass is 10.3. The van der Waals surface area contributed by atoms with E-state index in [0.717, 1.165) is 22.9 Å². The SMILES string of the molecule is COc1ccc(-n2cc(CN=C(N)Nc3cccc(Oc4ccccc4)c3)nn2)cc1.I. The Morgan fingerprint density at radius 3 is 2.47 bits per heavy atom. The number of aliphatic imine (C=N–C) groups is 1. The second-order valence-electron chi connectivity index (χ2n) is 6.62. The second-order valence-corrected chi connectivity index (χ2v) is 6.62. The monoisotopic (exact) mass is 542 g/mol. The molecule has 1 aromatic heterocycles. The number of halogens is 1. The number of guanidine groups is 1. The summed E-state index contributed by atoms with van der Waals surface area (Å²) in [6.45, 7) is 0.301. The van der Waals surface area contributed by atoms with Crippen LogP contribution in [-0.4, -0.2) is 28.1 Å². The zero-order valence-corrected chi connectivity index (χ0v) is 19.7. The lowest BCUT2D eigenvalue weighted by Gasteiger charge is -2.09. The van der Waals surface area contributed by atoms with Crippen molar-refractivity contribution < 1.29 is 9.47 Å². The van der Waals surface area contributed by atoms with Gasteiger partial charge in [0.1, 0.15) is 22.9 Å². The predicted molar refractivity (Wildman–Crippen MR) is 135 cm³/mol. The highest BCUT2D eigenvalue weighted by Gasteiger charge is 2.04. The molecule has 0 unspecified atom stereocenters. The van der Waals surface area contributed by atoms with Crippen LogP contribution in [0.3, 0.4) is 0 Å². The maximum atomic E-state index is 6.04. The largest absolute Gasteiger partial charge is 0.497 e. The number of nitrogens with one attached hydrogen (secondary N) is 1. The molecule has 0 fully saturated rings. The third kappa shape index (κ3) is 6.20. The first kappa shape index (κ1) is 23.1. The summed E-state index contributed by atoms with van der Waals surface area (Å²) < 4.78 is 12.7. The molecule has 164 valence electrons. The van der Waals surface area contributed by atoms with Crippen molar-refractivity contribution in [3.8, 4) is 22.9 Å². The number of benzene rings is 3. The minimum atomic E-state index is 0. The second kappa shape index (κ2) is 11.1. The summed E-state index contributed by atoms with van der Waals surface area (Å²) in [5.74, 6) is 2.52. The number of nitrogens with zero attached hydrogens (tertiary/aromatic N) is 4. The van der Waals surface area contributed by atoms with Gasteiger partial charge in [-0.25, -0.2) is 9.67 Å². The molecule has 0 aliphatic heterocycles.